The lowest BCUT2D eigenvalue weighted by Crippen LogP contribution is -2.17. The van der Waals surface area contributed by atoms with Crippen molar-refractivity contribution in [1.29, 1.82) is 5.26 Å². The Balaban J connectivity index is 1.30. The molecule has 0 fully saturated rings. The van der Waals surface area contributed by atoms with Gasteiger partial charge in [-0.3, -0.25) is 4.90 Å². The molecule has 0 bridgehead atoms. The van der Waals surface area contributed by atoms with Crippen molar-refractivity contribution in [2.45, 2.75) is 83.9 Å². The standard InChI is InChI=1S/C54H52N10O4S4/c1-10-34-23-31(5)24-35(11-2)48(34)59-51-47(60-61-52-41(30-55)49(38-17-15-14-16-18-38)62-64(52)54-57-43-29-40(72(9,67)68)20-22-45(43)70-54)33(7)27-46(58-51)63(50-36(12-3)25-32(6)26-37(50)13-4)53-56-42-28-39(71(8,65)66)19-21-44(42)69-53/h14-29H,10-13H2,1-9H3,(H,58,59)/b61-60+. The maximum Gasteiger partial charge on any atom is 0.213 e. The van der Waals surface area contributed by atoms with Gasteiger partial charge in [-0.1, -0.05) is 116 Å². The van der Waals surface area contributed by atoms with Crippen molar-refractivity contribution in [2.24, 2.45) is 10.2 Å². The lowest BCUT2D eigenvalue weighted by molar-refractivity contribution is 0.600. The van der Waals surface area contributed by atoms with Crippen LogP contribution in [0, 0.1) is 32.1 Å². The zero-order valence-electron chi connectivity index (χ0n) is 41.4. The Kier molecular flexibility index (Phi) is 13.7. The predicted octanol–water partition coefficient (Wildman–Crippen LogP) is 13.6. The summed E-state index contributed by atoms with van der Waals surface area (Å²) in [6.07, 6.45) is 5.26. The van der Waals surface area contributed by atoms with Gasteiger partial charge in [0.1, 0.15) is 28.8 Å². The fourth-order valence-electron chi connectivity index (χ4n) is 8.89. The molecule has 4 aromatic heterocycles. The van der Waals surface area contributed by atoms with Crippen LogP contribution in [0.25, 0.3) is 36.8 Å². The molecule has 14 nitrogen and oxygen atoms in total. The van der Waals surface area contributed by atoms with Crippen LogP contribution in [0.1, 0.15) is 72.2 Å². The highest BCUT2D eigenvalue weighted by molar-refractivity contribution is 7.91. The van der Waals surface area contributed by atoms with E-state index in [1.54, 1.807) is 30.3 Å². The summed E-state index contributed by atoms with van der Waals surface area (Å²) >= 11 is 2.73. The smallest absolute Gasteiger partial charge is 0.213 e. The van der Waals surface area contributed by atoms with Gasteiger partial charge in [-0.2, -0.15) is 15.0 Å². The number of sulfone groups is 2. The van der Waals surface area contributed by atoms with Crippen molar-refractivity contribution in [2.75, 3.05) is 22.7 Å². The average Bonchev–Trinajstić information content (AvgIpc) is 4.08. The molecule has 0 aliphatic carbocycles. The summed E-state index contributed by atoms with van der Waals surface area (Å²) in [6.45, 7) is 14.6. The lowest BCUT2D eigenvalue weighted by atomic mass is 9.98. The molecule has 0 amide bonds. The van der Waals surface area contributed by atoms with Gasteiger partial charge in [0.15, 0.2) is 36.4 Å². The molecule has 0 atom stereocenters. The first-order valence-electron chi connectivity index (χ1n) is 23.5. The first-order chi connectivity index (χ1) is 34.4. The first kappa shape index (κ1) is 49.8. The van der Waals surface area contributed by atoms with Gasteiger partial charge in [-0.15, -0.1) is 10.2 Å². The van der Waals surface area contributed by atoms with E-state index in [4.69, 9.17) is 30.3 Å². The van der Waals surface area contributed by atoms with Crippen LogP contribution >= 0.6 is 22.7 Å². The molecule has 5 aromatic carbocycles. The van der Waals surface area contributed by atoms with Crippen molar-refractivity contribution in [3.8, 4) is 22.5 Å². The van der Waals surface area contributed by atoms with E-state index in [0.29, 0.717) is 60.1 Å². The van der Waals surface area contributed by atoms with E-state index in [-0.39, 0.29) is 21.2 Å². The topological polar surface area (TPSA) is 189 Å². The number of pyridine rings is 1. The van der Waals surface area contributed by atoms with Crippen LogP contribution in [0.5, 0.6) is 0 Å². The number of aryl methyl sites for hydroxylation is 7. The summed E-state index contributed by atoms with van der Waals surface area (Å²) in [7, 11) is -7.02. The summed E-state index contributed by atoms with van der Waals surface area (Å²) in [4.78, 5) is 17.8. The lowest BCUT2D eigenvalue weighted by Gasteiger charge is -2.28. The molecule has 1 N–H and O–H groups in total. The van der Waals surface area contributed by atoms with Crippen LogP contribution in [0.4, 0.5) is 39.6 Å². The Morgan fingerprint density at radius 2 is 1.24 bits per heavy atom. The molecule has 9 aromatic rings. The van der Waals surface area contributed by atoms with E-state index in [1.807, 2.05) is 43.3 Å². The van der Waals surface area contributed by atoms with E-state index in [2.05, 4.69) is 82.1 Å². The number of nitrogens with one attached hydrogen (secondary N) is 1. The van der Waals surface area contributed by atoms with Crippen molar-refractivity contribution >= 4 is 102 Å². The highest BCUT2D eigenvalue weighted by Crippen LogP contribution is 2.46. The molecule has 0 unspecified atom stereocenters. The summed E-state index contributed by atoms with van der Waals surface area (Å²) in [6, 6.07) is 32.2. The molecule has 0 spiro atoms. The number of fused-ring (bicyclic) bond motifs is 2. The Morgan fingerprint density at radius 1 is 0.681 bits per heavy atom. The molecule has 0 aliphatic heterocycles. The molecular formula is C54H52N10O4S4. The zero-order valence-corrected chi connectivity index (χ0v) is 44.6. The van der Waals surface area contributed by atoms with Crippen LogP contribution in [0.2, 0.25) is 0 Å². The average molecular weight is 1030 g/mol. The maximum atomic E-state index is 12.7. The number of azo groups is 1. The molecule has 72 heavy (non-hydrogen) atoms. The molecule has 0 radical (unpaired) electrons. The van der Waals surface area contributed by atoms with Gasteiger partial charge in [0.2, 0.25) is 5.13 Å². The Labute approximate surface area is 427 Å². The highest BCUT2D eigenvalue weighted by atomic mass is 32.2. The Morgan fingerprint density at radius 3 is 1.79 bits per heavy atom. The third-order valence-corrected chi connectivity index (χ3v) is 16.7. The molecule has 4 heterocycles. The minimum atomic E-state index is -3.52. The zero-order chi connectivity index (χ0) is 51.2. The third kappa shape index (κ3) is 9.64. The van der Waals surface area contributed by atoms with E-state index >= 15 is 0 Å². The second-order valence-electron chi connectivity index (χ2n) is 17.7. The van der Waals surface area contributed by atoms with Gasteiger partial charge in [0.05, 0.1) is 35.9 Å². The molecule has 9 rings (SSSR count). The second-order valence-corrected chi connectivity index (χ2v) is 23.7. The molecular weight excluding hydrogens is 981 g/mol. The number of aromatic nitrogens is 5. The van der Waals surface area contributed by atoms with Gasteiger partial charge in [-0.05, 0) is 117 Å². The number of nitrogens with zero attached hydrogens (tertiary/aromatic N) is 9. The number of hydrogen-bond donors (Lipinski definition) is 1. The van der Waals surface area contributed by atoms with E-state index in [9.17, 15) is 22.1 Å². The second kappa shape index (κ2) is 19.8. The third-order valence-electron chi connectivity index (χ3n) is 12.4. The summed E-state index contributed by atoms with van der Waals surface area (Å²) in [5.74, 6) is 1.07. The van der Waals surface area contributed by atoms with Gasteiger partial charge < -0.3 is 5.32 Å². The molecule has 366 valence electrons. The van der Waals surface area contributed by atoms with Crippen LogP contribution in [0.3, 0.4) is 0 Å². The van der Waals surface area contributed by atoms with Gasteiger partial charge in [0, 0.05) is 23.8 Å². The van der Waals surface area contributed by atoms with Gasteiger partial charge >= 0.3 is 0 Å². The Hall–Kier alpha value is -7.17. The highest BCUT2D eigenvalue weighted by Gasteiger charge is 2.28. The van der Waals surface area contributed by atoms with E-state index < -0.39 is 19.7 Å². The van der Waals surface area contributed by atoms with Crippen molar-refractivity contribution < 1.29 is 16.8 Å². The largest absolute Gasteiger partial charge is 0.338 e. The minimum Gasteiger partial charge on any atom is -0.338 e. The molecule has 0 saturated carbocycles. The number of benzene rings is 5. The normalized spacial score (nSPS) is 12.1. The molecule has 18 heteroatoms. The SMILES string of the molecule is CCc1cc(C)cc(CC)c1Nc1nc(N(c2nc3cc(S(C)(=O)=O)ccc3s2)c2c(CC)cc(C)cc2CC)cc(C)c1/N=N/c1c(C#N)c(-c2ccccc2)nn1-c1nc2cc(S(C)(=O)=O)ccc2s1. The Bertz CT molecular complexity index is 3860. The summed E-state index contributed by atoms with van der Waals surface area (Å²) in [5, 5.41) is 30.4. The quantitative estimate of drug-likeness (QED) is 0.0962. The summed E-state index contributed by atoms with van der Waals surface area (Å²) in [5.41, 5.74) is 11.8. The maximum absolute atomic E-state index is 12.7. The minimum absolute atomic E-state index is 0.122. The van der Waals surface area contributed by atoms with Crippen molar-refractivity contribution in [1.82, 2.24) is 24.7 Å². The number of hydrogen-bond acceptors (Lipinski definition) is 15. The van der Waals surface area contributed by atoms with E-state index in [0.717, 1.165) is 81.4 Å². The van der Waals surface area contributed by atoms with Crippen molar-refractivity contribution in [3.63, 3.8) is 0 Å². The summed E-state index contributed by atoms with van der Waals surface area (Å²) < 4.78 is 53.6. The van der Waals surface area contributed by atoms with Crippen molar-refractivity contribution in [3.05, 3.63) is 142 Å². The van der Waals surface area contributed by atoms with E-state index in [1.165, 1.54) is 39.7 Å². The van der Waals surface area contributed by atoms with Gasteiger partial charge in [-0.25, -0.2) is 31.8 Å². The first-order valence-corrected chi connectivity index (χ1v) is 28.9. The number of nitriles is 1. The number of rotatable bonds is 15. The van der Waals surface area contributed by atoms with Crippen LogP contribution in [-0.2, 0) is 45.4 Å². The monoisotopic (exact) mass is 1030 g/mol. The van der Waals surface area contributed by atoms with Gasteiger partial charge in [0.25, 0.3) is 0 Å². The van der Waals surface area contributed by atoms with Crippen LogP contribution < -0.4 is 10.2 Å². The van der Waals surface area contributed by atoms with Crippen LogP contribution in [-0.4, -0.2) is 54.1 Å². The molecule has 0 saturated heterocycles. The fraction of sp³-hybridized carbons (Fsp3) is 0.241. The molecule has 0 aliphatic rings. The fourth-order valence-corrected chi connectivity index (χ4v) is 12.0. The number of thiazole rings is 2. The van der Waals surface area contributed by atoms with Crippen LogP contribution in [0.15, 0.2) is 117 Å². The number of anilines is 5. The predicted molar refractivity (Wildman–Crippen MR) is 291 cm³/mol.